The number of anilines is 1. The van der Waals surface area contributed by atoms with Crippen LogP contribution in [-0.2, 0) is 19.6 Å². The van der Waals surface area contributed by atoms with Crippen molar-refractivity contribution in [3.63, 3.8) is 0 Å². The molecule has 8 nitrogen and oxygen atoms in total. The summed E-state index contributed by atoms with van der Waals surface area (Å²) >= 11 is 0. The Morgan fingerprint density at radius 2 is 1.42 bits per heavy atom. The summed E-state index contributed by atoms with van der Waals surface area (Å²) in [5.74, 6) is -1.60. The van der Waals surface area contributed by atoms with Gasteiger partial charge >= 0.3 is 0 Å². The number of fused-ring (bicyclic) bond motifs is 2. The van der Waals surface area contributed by atoms with Gasteiger partial charge in [0, 0.05) is 86.5 Å². The maximum atomic E-state index is 15.4. The van der Waals surface area contributed by atoms with Crippen LogP contribution in [-0.4, -0.2) is 35.3 Å². The Morgan fingerprint density at radius 3 is 2.04 bits per heavy atom. The van der Waals surface area contributed by atoms with Gasteiger partial charge in [0.15, 0.2) is 18.2 Å². The van der Waals surface area contributed by atoms with Crippen molar-refractivity contribution < 1.29 is 22.5 Å². The molecule has 0 atom stereocenters. The number of ether oxygens (including phenoxy) is 1. The molecular formula is C42H45F3N5O3+. The second-order valence-electron chi connectivity index (χ2n) is 14.0. The van der Waals surface area contributed by atoms with E-state index in [2.05, 4.69) is 11.9 Å². The van der Waals surface area contributed by atoms with E-state index in [1.54, 1.807) is 72.7 Å². The largest absolute Gasteiger partial charge is 0.494 e. The quantitative estimate of drug-likeness (QED) is 0.0887. The number of halogens is 3. The Balaban J connectivity index is 1.29. The van der Waals surface area contributed by atoms with Gasteiger partial charge in [-0.15, -0.1) is 0 Å². The predicted molar refractivity (Wildman–Crippen MR) is 204 cm³/mol. The number of methoxy groups -OCH3 is 1. The summed E-state index contributed by atoms with van der Waals surface area (Å²) in [4.78, 5) is 33.1. The fourth-order valence-electron chi connectivity index (χ4n) is 7.07. The van der Waals surface area contributed by atoms with Crippen molar-refractivity contribution in [2.24, 2.45) is 0 Å². The lowest BCUT2D eigenvalue weighted by Crippen LogP contribution is -2.34. The van der Waals surface area contributed by atoms with E-state index in [0.29, 0.717) is 82.1 Å². The summed E-state index contributed by atoms with van der Waals surface area (Å²) in [6, 6.07) is 9.50. The molecule has 2 aromatic carbocycles. The Kier molecular flexibility index (Phi) is 11.0. The molecule has 0 unspecified atom stereocenters. The minimum Gasteiger partial charge on any atom is -0.494 e. The monoisotopic (exact) mass is 724 g/mol. The average Bonchev–Trinajstić information content (AvgIpc) is 3.13. The summed E-state index contributed by atoms with van der Waals surface area (Å²) in [5, 5.41) is 2.16. The summed E-state index contributed by atoms with van der Waals surface area (Å²) in [6.45, 7) is 7.01. The maximum absolute atomic E-state index is 15.4. The Bertz CT molecular complexity index is 2410. The number of unbranched alkanes of at least 4 members (excludes halogenated alkanes) is 2. The van der Waals surface area contributed by atoms with Crippen molar-refractivity contribution in [2.45, 2.75) is 72.0 Å². The fraction of sp³-hybridized carbons (Fsp3) is 0.333. The average molecular weight is 725 g/mol. The highest BCUT2D eigenvalue weighted by molar-refractivity contribution is 5.96. The van der Waals surface area contributed by atoms with E-state index >= 15 is 13.2 Å². The van der Waals surface area contributed by atoms with Crippen LogP contribution in [0.3, 0.4) is 0 Å². The SMILES string of the molecule is CCCCn1cc(-c2cc(F)c(N(C)C)c(OC)c2)c2cc[n+](CCCCn3cc(-c4cc(F)c(C(C)C)c(F)c4)c4ccncc4c3=O)cc2c1=O. The lowest BCUT2D eigenvalue weighted by Gasteiger charge is -2.19. The zero-order valence-corrected chi connectivity index (χ0v) is 31.1. The third kappa shape index (κ3) is 7.42. The Labute approximate surface area is 306 Å². The van der Waals surface area contributed by atoms with Crippen LogP contribution in [0.2, 0.25) is 0 Å². The molecule has 4 heterocycles. The molecular weight excluding hydrogens is 679 g/mol. The Hall–Kier alpha value is -5.45. The lowest BCUT2D eigenvalue weighted by atomic mass is 9.96. The molecule has 53 heavy (non-hydrogen) atoms. The van der Waals surface area contributed by atoms with E-state index in [0.717, 1.165) is 18.4 Å². The highest BCUT2D eigenvalue weighted by Crippen LogP contribution is 2.37. The van der Waals surface area contributed by atoms with Gasteiger partial charge in [0.1, 0.15) is 35.0 Å². The molecule has 0 radical (unpaired) electrons. The van der Waals surface area contributed by atoms with E-state index in [-0.39, 0.29) is 22.6 Å². The Morgan fingerprint density at radius 1 is 0.811 bits per heavy atom. The molecule has 0 N–H and O–H groups in total. The van der Waals surface area contributed by atoms with E-state index in [4.69, 9.17) is 4.74 Å². The summed E-state index contributed by atoms with van der Waals surface area (Å²) in [7, 11) is 5.02. The van der Waals surface area contributed by atoms with Gasteiger partial charge in [0.05, 0.1) is 12.5 Å². The van der Waals surface area contributed by atoms with E-state index in [1.165, 1.54) is 31.5 Å². The van der Waals surface area contributed by atoms with Gasteiger partial charge in [-0.05, 0) is 65.6 Å². The van der Waals surface area contributed by atoms with Gasteiger partial charge in [-0.25, -0.2) is 17.7 Å². The van der Waals surface area contributed by atoms with Crippen molar-refractivity contribution in [1.29, 1.82) is 0 Å². The van der Waals surface area contributed by atoms with Gasteiger partial charge in [-0.1, -0.05) is 27.2 Å². The first-order valence-electron chi connectivity index (χ1n) is 18.0. The lowest BCUT2D eigenvalue weighted by molar-refractivity contribution is -0.696. The van der Waals surface area contributed by atoms with Crippen molar-refractivity contribution in [3.8, 4) is 28.0 Å². The molecule has 4 aromatic heterocycles. The smallest absolute Gasteiger partial charge is 0.264 e. The van der Waals surface area contributed by atoms with E-state index < -0.39 is 17.5 Å². The van der Waals surface area contributed by atoms with Crippen LogP contribution in [0.15, 0.2) is 83.2 Å². The molecule has 0 spiro atoms. The van der Waals surface area contributed by atoms with Crippen LogP contribution in [0.25, 0.3) is 43.8 Å². The number of pyridine rings is 4. The van der Waals surface area contributed by atoms with Crippen LogP contribution < -0.4 is 25.3 Å². The second-order valence-corrected chi connectivity index (χ2v) is 14.0. The minimum atomic E-state index is -0.624. The first-order valence-corrected chi connectivity index (χ1v) is 18.0. The highest BCUT2D eigenvalue weighted by atomic mass is 19.1. The van der Waals surface area contributed by atoms with Gasteiger partial charge in [0.25, 0.3) is 11.1 Å². The topological polar surface area (TPSA) is 73.2 Å². The summed E-state index contributed by atoms with van der Waals surface area (Å²) in [5.41, 5.74) is 2.24. The number of hydrogen-bond donors (Lipinski definition) is 0. The van der Waals surface area contributed by atoms with Crippen molar-refractivity contribution in [1.82, 2.24) is 14.1 Å². The molecule has 0 saturated heterocycles. The normalized spacial score (nSPS) is 11.6. The first-order chi connectivity index (χ1) is 25.4. The summed E-state index contributed by atoms with van der Waals surface area (Å²) < 4.78 is 56.3. The van der Waals surface area contributed by atoms with Gasteiger partial charge in [0.2, 0.25) is 0 Å². The van der Waals surface area contributed by atoms with Crippen molar-refractivity contribution in [2.75, 3.05) is 26.1 Å². The number of nitrogens with zero attached hydrogens (tertiary/aromatic N) is 5. The molecule has 6 rings (SSSR count). The van der Waals surface area contributed by atoms with E-state index in [1.807, 2.05) is 23.0 Å². The maximum Gasteiger partial charge on any atom is 0.264 e. The molecule has 6 aromatic rings. The van der Waals surface area contributed by atoms with Crippen LogP contribution in [0.4, 0.5) is 18.9 Å². The third-order valence-corrected chi connectivity index (χ3v) is 9.76. The van der Waals surface area contributed by atoms with Crippen molar-refractivity contribution >= 4 is 27.2 Å². The number of aromatic nitrogens is 4. The van der Waals surface area contributed by atoms with Crippen LogP contribution in [0, 0.1) is 17.5 Å². The molecule has 0 aliphatic carbocycles. The van der Waals surface area contributed by atoms with Crippen LogP contribution >= 0.6 is 0 Å². The number of aryl methyl sites for hydroxylation is 3. The molecule has 276 valence electrons. The standard InChI is InChI=1S/C42H45F3N5O3/c1-7-8-15-49-25-33(28-20-37(45)40(47(4)5)38(21-28)53-6)30-12-17-48(23-34(30)42(49)52)14-9-10-16-50-24-32(29-11-13-46-22-31(29)41(50)51)27-18-35(43)39(26(2)3)36(44)19-27/h11-13,17-26H,7-10,14-16H2,1-6H3/q+1. The van der Waals surface area contributed by atoms with Crippen LogP contribution in [0.5, 0.6) is 5.75 Å². The van der Waals surface area contributed by atoms with Crippen LogP contribution in [0.1, 0.15) is 57.9 Å². The number of benzene rings is 2. The molecule has 0 bridgehead atoms. The van der Waals surface area contributed by atoms with Gasteiger partial charge in [-0.3, -0.25) is 14.6 Å². The zero-order valence-electron chi connectivity index (χ0n) is 31.1. The number of rotatable bonds is 13. The molecule has 0 fully saturated rings. The van der Waals surface area contributed by atoms with Gasteiger partial charge < -0.3 is 18.8 Å². The van der Waals surface area contributed by atoms with E-state index in [9.17, 15) is 9.59 Å². The summed E-state index contributed by atoms with van der Waals surface area (Å²) in [6.07, 6.45) is 13.3. The fourth-order valence-corrected chi connectivity index (χ4v) is 7.07. The predicted octanol–water partition coefficient (Wildman–Crippen LogP) is 8.23. The molecule has 0 amide bonds. The van der Waals surface area contributed by atoms with Gasteiger partial charge in [-0.2, -0.15) is 0 Å². The molecule has 11 heteroatoms. The number of hydrogen-bond acceptors (Lipinski definition) is 5. The minimum absolute atomic E-state index is 0.0307. The third-order valence-electron chi connectivity index (χ3n) is 9.76. The zero-order chi connectivity index (χ0) is 38.0. The first kappa shape index (κ1) is 37.3. The molecule has 0 saturated carbocycles. The highest BCUT2D eigenvalue weighted by Gasteiger charge is 2.21. The second kappa shape index (κ2) is 15.7. The van der Waals surface area contributed by atoms with Crippen molar-refractivity contribution in [3.05, 3.63) is 117 Å². The molecule has 0 aliphatic rings. The molecule has 0 aliphatic heterocycles.